The van der Waals surface area contributed by atoms with Gasteiger partial charge in [0.25, 0.3) is 5.91 Å². The summed E-state index contributed by atoms with van der Waals surface area (Å²) in [7, 11) is 0. The molecule has 10 heteroatoms. The molecule has 3 rings (SSSR count). The van der Waals surface area contributed by atoms with E-state index in [-0.39, 0.29) is 45.1 Å². The first-order valence-electron chi connectivity index (χ1n) is 15.3. The van der Waals surface area contributed by atoms with E-state index in [0.717, 1.165) is 16.3 Å². The summed E-state index contributed by atoms with van der Waals surface area (Å²) in [6, 6.07) is 21.4. The molecular formula is C36H43N3O7. The van der Waals surface area contributed by atoms with E-state index in [0.29, 0.717) is 18.5 Å². The van der Waals surface area contributed by atoms with Crippen LogP contribution in [-0.2, 0) is 35.1 Å². The summed E-state index contributed by atoms with van der Waals surface area (Å²) in [4.78, 5) is 52.7. The topological polar surface area (TPSA) is 143 Å². The molecule has 0 spiro atoms. The monoisotopic (exact) mass is 629 g/mol. The SMILES string of the molecule is C=CCC(CC(=O)NCCOCCO)C(=O)NC(COC(=O)C(CC=C)Cc1ccccc1)C(=O)Nc1ccc2ccccc2c1. The minimum Gasteiger partial charge on any atom is -0.463 e. The number of amides is 3. The molecule has 0 aromatic heterocycles. The predicted molar refractivity (Wildman–Crippen MR) is 178 cm³/mol. The van der Waals surface area contributed by atoms with Gasteiger partial charge in [-0.1, -0.05) is 72.8 Å². The summed E-state index contributed by atoms with van der Waals surface area (Å²) < 4.78 is 10.8. The number of nitrogens with one attached hydrogen (secondary N) is 3. The quantitative estimate of drug-likeness (QED) is 0.0842. The molecule has 0 fully saturated rings. The number of esters is 1. The average molecular weight is 630 g/mol. The highest BCUT2D eigenvalue weighted by atomic mass is 16.5. The summed E-state index contributed by atoms with van der Waals surface area (Å²) in [5.74, 6) is -3.40. The largest absolute Gasteiger partial charge is 0.463 e. The molecule has 244 valence electrons. The third-order valence-electron chi connectivity index (χ3n) is 7.21. The maximum atomic E-state index is 13.5. The third-order valence-corrected chi connectivity index (χ3v) is 7.21. The molecule has 0 radical (unpaired) electrons. The van der Waals surface area contributed by atoms with Crippen molar-refractivity contribution in [2.24, 2.45) is 11.8 Å². The number of rotatable bonds is 20. The van der Waals surface area contributed by atoms with Crippen molar-refractivity contribution in [3.8, 4) is 0 Å². The Hall–Kier alpha value is -4.80. The van der Waals surface area contributed by atoms with Crippen LogP contribution >= 0.6 is 0 Å². The van der Waals surface area contributed by atoms with Crippen LogP contribution in [0, 0.1) is 11.8 Å². The van der Waals surface area contributed by atoms with E-state index >= 15 is 0 Å². The maximum absolute atomic E-state index is 13.5. The fourth-order valence-electron chi connectivity index (χ4n) is 4.82. The lowest BCUT2D eigenvalue weighted by Gasteiger charge is -2.23. The second-order valence-corrected chi connectivity index (χ2v) is 10.8. The standard InChI is InChI=1S/C36H43N3O7/c1-3-10-29(24-33(41)37-18-20-45-21-19-40)34(42)39-32(35(43)38-31-17-16-27-14-8-9-15-28(27)23-31)25-46-36(44)30(11-4-2)22-26-12-6-5-7-13-26/h3-9,12-17,23,29-30,32,40H,1-2,10-11,18-22,24-25H2,(H,37,41)(H,38,43)(H,39,42). The first kappa shape index (κ1) is 35.7. The number of hydrogen-bond acceptors (Lipinski definition) is 7. The van der Waals surface area contributed by atoms with Gasteiger partial charge in [-0.3, -0.25) is 19.2 Å². The number of carbonyl (C=O) groups is 4. The minimum absolute atomic E-state index is 0.123. The molecule has 3 atom stereocenters. The van der Waals surface area contributed by atoms with E-state index in [1.165, 1.54) is 6.08 Å². The average Bonchev–Trinajstić information content (AvgIpc) is 3.06. The number of carbonyl (C=O) groups excluding carboxylic acids is 4. The normalized spacial score (nSPS) is 12.7. The van der Waals surface area contributed by atoms with Crippen molar-refractivity contribution in [1.29, 1.82) is 0 Å². The van der Waals surface area contributed by atoms with E-state index < -0.39 is 42.3 Å². The Labute approximate surface area is 269 Å². The Balaban J connectivity index is 1.73. The highest BCUT2D eigenvalue weighted by Gasteiger charge is 2.29. The van der Waals surface area contributed by atoms with Crippen molar-refractivity contribution in [3.05, 3.63) is 104 Å². The van der Waals surface area contributed by atoms with Gasteiger partial charge in [0.1, 0.15) is 12.6 Å². The summed E-state index contributed by atoms with van der Waals surface area (Å²) in [6.07, 6.45) is 3.98. The molecule has 3 amide bonds. The van der Waals surface area contributed by atoms with Gasteiger partial charge in [0, 0.05) is 18.7 Å². The van der Waals surface area contributed by atoms with Crippen LogP contribution in [0.2, 0.25) is 0 Å². The van der Waals surface area contributed by atoms with Crippen LogP contribution in [-0.4, -0.2) is 67.8 Å². The molecule has 0 bridgehead atoms. The molecule has 0 saturated heterocycles. The summed E-state index contributed by atoms with van der Waals surface area (Å²) in [5.41, 5.74) is 1.46. The van der Waals surface area contributed by atoms with E-state index in [2.05, 4.69) is 29.1 Å². The van der Waals surface area contributed by atoms with Crippen molar-refractivity contribution in [2.75, 3.05) is 38.3 Å². The van der Waals surface area contributed by atoms with Gasteiger partial charge in [-0.25, -0.2) is 0 Å². The summed E-state index contributed by atoms with van der Waals surface area (Å²) >= 11 is 0. The van der Waals surface area contributed by atoms with Crippen molar-refractivity contribution in [2.45, 2.75) is 31.7 Å². The molecule has 0 aliphatic heterocycles. The zero-order valence-electron chi connectivity index (χ0n) is 26.0. The number of allylic oxidation sites excluding steroid dienone is 2. The molecule has 10 nitrogen and oxygen atoms in total. The van der Waals surface area contributed by atoms with E-state index in [1.54, 1.807) is 12.1 Å². The molecule has 46 heavy (non-hydrogen) atoms. The number of aliphatic hydroxyl groups excluding tert-OH is 1. The number of ether oxygens (including phenoxy) is 2. The second kappa shape index (κ2) is 19.6. The van der Waals surface area contributed by atoms with Gasteiger partial charge in [0.2, 0.25) is 11.8 Å². The molecule has 4 N–H and O–H groups in total. The lowest BCUT2D eigenvalue weighted by molar-refractivity contribution is -0.150. The molecule has 0 heterocycles. The third kappa shape index (κ3) is 11.9. The lowest BCUT2D eigenvalue weighted by Crippen LogP contribution is -2.49. The number of hydrogen-bond donors (Lipinski definition) is 4. The Morgan fingerprint density at radius 3 is 2.24 bits per heavy atom. The smallest absolute Gasteiger partial charge is 0.309 e. The Kier molecular flexibility index (Phi) is 15.2. The number of benzene rings is 3. The Morgan fingerprint density at radius 2 is 1.52 bits per heavy atom. The minimum atomic E-state index is -1.24. The van der Waals surface area contributed by atoms with Crippen LogP contribution in [0.5, 0.6) is 0 Å². The molecule has 3 aromatic rings. The van der Waals surface area contributed by atoms with Crippen molar-refractivity contribution in [3.63, 3.8) is 0 Å². The molecule has 0 saturated carbocycles. The molecule has 3 unspecified atom stereocenters. The van der Waals surface area contributed by atoms with E-state index in [1.807, 2.05) is 66.7 Å². The highest BCUT2D eigenvalue weighted by molar-refractivity contribution is 5.99. The number of aliphatic hydroxyl groups is 1. The Bertz CT molecular complexity index is 1460. The number of anilines is 1. The van der Waals surface area contributed by atoms with Crippen LogP contribution < -0.4 is 16.0 Å². The lowest BCUT2D eigenvalue weighted by atomic mass is 9.96. The van der Waals surface area contributed by atoms with E-state index in [9.17, 15) is 19.2 Å². The van der Waals surface area contributed by atoms with Gasteiger partial charge in [-0.2, -0.15) is 0 Å². The Morgan fingerprint density at radius 1 is 0.826 bits per heavy atom. The van der Waals surface area contributed by atoms with Crippen LogP contribution in [0.3, 0.4) is 0 Å². The van der Waals surface area contributed by atoms with Crippen LogP contribution in [0.1, 0.15) is 24.8 Å². The zero-order chi connectivity index (χ0) is 33.1. The second-order valence-electron chi connectivity index (χ2n) is 10.8. The van der Waals surface area contributed by atoms with Gasteiger partial charge in [0.05, 0.1) is 31.7 Å². The molecule has 3 aromatic carbocycles. The van der Waals surface area contributed by atoms with Crippen LogP contribution in [0.15, 0.2) is 98.1 Å². The number of fused-ring (bicyclic) bond motifs is 1. The first-order chi connectivity index (χ1) is 22.3. The highest BCUT2D eigenvalue weighted by Crippen LogP contribution is 2.20. The zero-order valence-corrected chi connectivity index (χ0v) is 26.0. The van der Waals surface area contributed by atoms with E-state index in [4.69, 9.17) is 14.6 Å². The fraction of sp³-hybridized carbons (Fsp3) is 0.333. The van der Waals surface area contributed by atoms with Crippen LogP contribution in [0.4, 0.5) is 5.69 Å². The maximum Gasteiger partial charge on any atom is 0.309 e. The van der Waals surface area contributed by atoms with Gasteiger partial charge < -0.3 is 30.5 Å². The van der Waals surface area contributed by atoms with Crippen LogP contribution in [0.25, 0.3) is 10.8 Å². The van der Waals surface area contributed by atoms with Gasteiger partial charge >= 0.3 is 5.97 Å². The molecule has 0 aliphatic carbocycles. The van der Waals surface area contributed by atoms with Crippen molar-refractivity contribution >= 4 is 40.2 Å². The predicted octanol–water partition coefficient (Wildman–Crippen LogP) is 3.95. The fourth-order valence-corrected chi connectivity index (χ4v) is 4.82. The van der Waals surface area contributed by atoms with Crippen molar-refractivity contribution < 1.29 is 33.8 Å². The summed E-state index contributed by atoms with van der Waals surface area (Å²) in [5, 5.41) is 18.9. The van der Waals surface area contributed by atoms with Crippen molar-refractivity contribution in [1.82, 2.24) is 10.6 Å². The van der Waals surface area contributed by atoms with Gasteiger partial charge in [0.15, 0.2) is 0 Å². The van der Waals surface area contributed by atoms with Gasteiger partial charge in [-0.15, -0.1) is 13.2 Å². The van der Waals surface area contributed by atoms with Gasteiger partial charge in [-0.05, 0) is 47.7 Å². The first-order valence-corrected chi connectivity index (χ1v) is 15.3. The molecular weight excluding hydrogens is 586 g/mol. The molecule has 0 aliphatic rings. The summed E-state index contributed by atoms with van der Waals surface area (Å²) in [6.45, 7) is 7.50.